The second-order valence-electron chi connectivity index (χ2n) is 6.81. The molecule has 0 radical (unpaired) electrons. The minimum Gasteiger partial charge on any atom is -0.506 e. The molecule has 28 heavy (non-hydrogen) atoms. The van der Waals surface area contributed by atoms with E-state index in [4.69, 9.17) is 0 Å². The minimum atomic E-state index is -3.15. The maximum atomic E-state index is 11.7. The average molecular weight is 412 g/mol. The number of nitrogens with one attached hydrogen (secondary N) is 1. The van der Waals surface area contributed by atoms with Gasteiger partial charge >= 0.3 is 0 Å². The van der Waals surface area contributed by atoms with Gasteiger partial charge in [0.2, 0.25) is 10.0 Å². The van der Waals surface area contributed by atoms with Crippen molar-refractivity contribution in [3.8, 4) is 5.75 Å². The van der Waals surface area contributed by atoms with Crippen LogP contribution in [0.5, 0.6) is 5.75 Å². The van der Waals surface area contributed by atoms with E-state index in [1.165, 1.54) is 10.6 Å². The maximum Gasteiger partial charge on any atom is 0.211 e. The first-order valence-electron chi connectivity index (χ1n) is 9.88. The summed E-state index contributed by atoms with van der Waals surface area (Å²) in [5.74, 6) is 1.17. The molecule has 0 aromatic heterocycles. The maximum absolute atomic E-state index is 11.7. The summed E-state index contributed by atoms with van der Waals surface area (Å²) < 4.78 is 24.8. The predicted molar refractivity (Wildman–Crippen MR) is 115 cm³/mol. The van der Waals surface area contributed by atoms with E-state index < -0.39 is 10.0 Å². The van der Waals surface area contributed by atoms with Crippen molar-refractivity contribution in [1.29, 1.82) is 0 Å². The van der Waals surface area contributed by atoms with Crippen LogP contribution in [0.4, 0.5) is 5.69 Å². The van der Waals surface area contributed by atoms with Crippen molar-refractivity contribution in [1.82, 2.24) is 14.5 Å². The van der Waals surface area contributed by atoms with Gasteiger partial charge in [-0.25, -0.2) is 12.7 Å². The lowest BCUT2D eigenvalue weighted by Crippen LogP contribution is -2.52. The fourth-order valence-electron chi connectivity index (χ4n) is 3.31. The molecule has 2 N–H and O–H groups in total. The minimum absolute atomic E-state index is 0.308. The van der Waals surface area contributed by atoms with Crippen LogP contribution in [0, 0.1) is 0 Å². The van der Waals surface area contributed by atoms with Gasteiger partial charge in [-0.05, 0) is 25.5 Å². The van der Waals surface area contributed by atoms with Crippen LogP contribution in [-0.2, 0) is 10.0 Å². The first-order chi connectivity index (χ1) is 13.4. The Morgan fingerprint density at radius 1 is 1.21 bits per heavy atom. The van der Waals surface area contributed by atoms with Gasteiger partial charge in [0, 0.05) is 52.4 Å². The highest BCUT2D eigenvalue weighted by Gasteiger charge is 2.21. The van der Waals surface area contributed by atoms with Gasteiger partial charge in [-0.3, -0.25) is 4.99 Å². The molecule has 1 aliphatic rings. The number of sulfonamides is 1. The Bertz CT molecular complexity index is 746. The van der Waals surface area contributed by atoms with Crippen molar-refractivity contribution in [2.24, 2.45) is 4.99 Å². The molecule has 0 spiro atoms. The van der Waals surface area contributed by atoms with Crippen molar-refractivity contribution >= 4 is 21.7 Å². The predicted octanol–water partition coefficient (Wildman–Crippen LogP) is 1.15. The zero-order valence-corrected chi connectivity index (χ0v) is 18.0. The number of rotatable bonds is 8. The fraction of sp³-hybridized carbons (Fsp3) is 0.632. The number of phenolic OH excluding ortho intramolecular Hbond substituents is 1. The summed E-state index contributed by atoms with van der Waals surface area (Å²) in [5.41, 5.74) is 0.865. The van der Waals surface area contributed by atoms with Gasteiger partial charge in [0.25, 0.3) is 0 Å². The summed E-state index contributed by atoms with van der Waals surface area (Å²) in [4.78, 5) is 9.08. The van der Waals surface area contributed by atoms with Crippen molar-refractivity contribution in [2.45, 2.75) is 20.3 Å². The van der Waals surface area contributed by atoms with Gasteiger partial charge in [-0.1, -0.05) is 19.1 Å². The van der Waals surface area contributed by atoms with Crippen LogP contribution in [0.15, 0.2) is 29.3 Å². The van der Waals surface area contributed by atoms with E-state index in [0.29, 0.717) is 31.8 Å². The van der Waals surface area contributed by atoms with E-state index in [1.807, 2.05) is 32.0 Å². The number of hydrogen-bond donors (Lipinski definition) is 2. The second-order valence-corrected chi connectivity index (χ2v) is 8.79. The highest BCUT2D eigenvalue weighted by molar-refractivity contribution is 7.88. The van der Waals surface area contributed by atoms with Crippen molar-refractivity contribution in [3.05, 3.63) is 24.3 Å². The molecule has 0 aliphatic carbocycles. The number of hydrogen-bond acceptors (Lipinski definition) is 5. The van der Waals surface area contributed by atoms with E-state index in [2.05, 4.69) is 20.1 Å². The summed E-state index contributed by atoms with van der Waals surface area (Å²) in [6.45, 7) is 9.44. The molecular formula is C19H33N5O3S. The SMILES string of the molecule is CCNC(=NCCCN(CC)S(C)(=O)=O)N1CCN(c2ccccc2O)CC1. The highest BCUT2D eigenvalue weighted by atomic mass is 32.2. The number of anilines is 1. The molecule has 0 saturated carbocycles. The number of phenols is 1. The van der Waals surface area contributed by atoms with E-state index in [9.17, 15) is 13.5 Å². The molecular weight excluding hydrogens is 378 g/mol. The number of aliphatic imine (C=N–C) groups is 1. The molecule has 1 heterocycles. The molecule has 1 aromatic carbocycles. The van der Waals surface area contributed by atoms with Crippen LogP contribution in [0.2, 0.25) is 0 Å². The van der Waals surface area contributed by atoms with E-state index >= 15 is 0 Å². The molecule has 0 bridgehead atoms. The molecule has 1 aromatic rings. The van der Waals surface area contributed by atoms with Gasteiger partial charge in [-0.2, -0.15) is 0 Å². The molecule has 1 aliphatic heterocycles. The Morgan fingerprint density at radius 2 is 1.89 bits per heavy atom. The number of piperazine rings is 1. The summed E-state index contributed by atoms with van der Waals surface area (Å²) in [6, 6.07) is 7.41. The van der Waals surface area contributed by atoms with Gasteiger partial charge in [0.05, 0.1) is 11.9 Å². The third kappa shape index (κ3) is 6.27. The number of aromatic hydroxyl groups is 1. The molecule has 2 rings (SSSR count). The summed E-state index contributed by atoms with van der Waals surface area (Å²) >= 11 is 0. The van der Waals surface area contributed by atoms with Crippen LogP contribution in [0.1, 0.15) is 20.3 Å². The van der Waals surface area contributed by atoms with Crippen molar-refractivity contribution in [3.63, 3.8) is 0 Å². The third-order valence-electron chi connectivity index (χ3n) is 4.79. The van der Waals surface area contributed by atoms with Gasteiger partial charge < -0.3 is 20.2 Å². The molecule has 158 valence electrons. The monoisotopic (exact) mass is 411 g/mol. The van der Waals surface area contributed by atoms with E-state index in [1.54, 1.807) is 6.07 Å². The smallest absolute Gasteiger partial charge is 0.211 e. The average Bonchev–Trinajstić information content (AvgIpc) is 2.67. The molecule has 9 heteroatoms. The lowest BCUT2D eigenvalue weighted by Gasteiger charge is -2.37. The van der Waals surface area contributed by atoms with Crippen LogP contribution < -0.4 is 10.2 Å². The standard InChI is InChI=1S/C19H33N5O3S/c1-4-20-19(21-11-8-12-24(5-2)28(3,26)27)23-15-13-22(14-16-23)17-9-6-7-10-18(17)25/h6-7,9-10,25H,4-5,8,11-16H2,1-3H3,(H,20,21). The molecule has 8 nitrogen and oxygen atoms in total. The second kappa shape index (κ2) is 10.5. The Kier molecular flexibility index (Phi) is 8.37. The quantitative estimate of drug-likeness (QED) is 0.379. The highest BCUT2D eigenvalue weighted by Crippen LogP contribution is 2.27. The molecule has 1 fully saturated rings. The first kappa shape index (κ1) is 22.3. The number of guanidine groups is 1. The number of benzene rings is 1. The van der Waals surface area contributed by atoms with Gasteiger partial charge in [0.1, 0.15) is 5.75 Å². The summed E-state index contributed by atoms with van der Waals surface area (Å²) in [7, 11) is -3.15. The van der Waals surface area contributed by atoms with Crippen molar-refractivity contribution < 1.29 is 13.5 Å². The number of nitrogens with zero attached hydrogens (tertiary/aromatic N) is 4. The van der Waals surface area contributed by atoms with Crippen molar-refractivity contribution in [2.75, 3.05) is 63.5 Å². The Morgan fingerprint density at radius 3 is 2.46 bits per heavy atom. The molecule has 0 atom stereocenters. The molecule has 0 unspecified atom stereocenters. The largest absolute Gasteiger partial charge is 0.506 e. The summed E-state index contributed by atoms with van der Waals surface area (Å²) in [6.07, 6.45) is 1.93. The van der Waals surface area contributed by atoms with Crippen LogP contribution in [0.3, 0.4) is 0 Å². The van der Waals surface area contributed by atoms with Crippen LogP contribution in [0.25, 0.3) is 0 Å². The van der Waals surface area contributed by atoms with Gasteiger partial charge in [0.15, 0.2) is 5.96 Å². The third-order valence-corrected chi connectivity index (χ3v) is 6.16. The number of para-hydroxylation sites is 2. The zero-order valence-electron chi connectivity index (χ0n) is 17.1. The normalized spacial score (nSPS) is 15.9. The Hall–Kier alpha value is -2.00. The van der Waals surface area contributed by atoms with Gasteiger partial charge in [-0.15, -0.1) is 0 Å². The van der Waals surface area contributed by atoms with Crippen LogP contribution in [-0.4, -0.2) is 87.3 Å². The zero-order chi connectivity index (χ0) is 20.6. The lowest BCUT2D eigenvalue weighted by molar-refractivity contribution is 0.369. The van der Waals surface area contributed by atoms with E-state index in [0.717, 1.165) is 44.4 Å². The lowest BCUT2D eigenvalue weighted by atomic mass is 10.2. The van der Waals surface area contributed by atoms with E-state index in [-0.39, 0.29) is 0 Å². The Balaban J connectivity index is 1.90. The molecule has 0 amide bonds. The molecule has 1 saturated heterocycles. The topological polar surface area (TPSA) is 88.5 Å². The Labute approximate surface area is 168 Å². The fourth-order valence-corrected chi connectivity index (χ4v) is 4.24. The van der Waals surface area contributed by atoms with Crippen LogP contribution >= 0.6 is 0 Å². The summed E-state index contributed by atoms with van der Waals surface area (Å²) in [5, 5.41) is 13.4. The first-order valence-corrected chi connectivity index (χ1v) is 11.7.